The number of rotatable bonds is 4. The van der Waals surface area contributed by atoms with Gasteiger partial charge in [0.15, 0.2) is 5.76 Å². The normalized spacial score (nSPS) is 18.6. The van der Waals surface area contributed by atoms with Crippen LogP contribution < -0.4 is 11.1 Å². The second-order valence-electron chi connectivity index (χ2n) is 5.08. The Morgan fingerprint density at radius 3 is 2.78 bits per heavy atom. The largest absolute Gasteiger partial charge is 0.455 e. The quantitative estimate of drug-likeness (QED) is 0.846. The molecule has 100 valence electrons. The van der Waals surface area contributed by atoms with Crippen LogP contribution >= 0.6 is 0 Å². The highest BCUT2D eigenvalue weighted by molar-refractivity contribution is 5.91. The van der Waals surface area contributed by atoms with Gasteiger partial charge < -0.3 is 20.2 Å². The van der Waals surface area contributed by atoms with Crippen LogP contribution in [0.2, 0.25) is 0 Å². The predicted octanol–water partition coefficient (Wildman–Crippen LogP) is 1.28. The summed E-state index contributed by atoms with van der Waals surface area (Å²) in [7, 11) is 0. The Morgan fingerprint density at radius 2 is 2.17 bits per heavy atom. The summed E-state index contributed by atoms with van der Waals surface area (Å²) < 4.78 is 10.6. The lowest BCUT2D eigenvalue weighted by Crippen LogP contribution is -2.39. The van der Waals surface area contributed by atoms with Gasteiger partial charge in [0, 0.05) is 19.8 Å². The molecule has 0 aromatic carbocycles. The third-order valence-corrected chi connectivity index (χ3v) is 3.46. The van der Waals surface area contributed by atoms with Gasteiger partial charge in [-0.3, -0.25) is 4.79 Å². The zero-order chi connectivity index (χ0) is 13.0. The monoisotopic (exact) mass is 252 g/mol. The molecular formula is C13H20N2O3. The lowest BCUT2D eigenvalue weighted by molar-refractivity contribution is 0.0236. The van der Waals surface area contributed by atoms with E-state index in [0.29, 0.717) is 24.6 Å². The molecule has 1 saturated heterocycles. The van der Waals surface area contributed by atoms with Crippen molar-refractivity contribution < 1.29 is 13.9 Å². The van der Waals surface area contributed by atoms with E-state index < -0.39 is 0 Å². The maximum atomic E-state index is 11.9. The van der Waals surface area contributed by atoms with Crippen LogP contribution in [0.3, 0.4) is 0 Å². The molecule has 1 aromatic heterocycles. The first-order valence-corrected chi connectivity index (χ1v) is 6.28. The van der Waals surface area contributed by atoms with Crippen LogP contribution in [0.1, 0.15) is 36.1 Å². The van der Waals surface area contributed by atoms with Crippen LogP contribution in [0.4, 0.5) is 0 Å². The summed E-state index contributed by atoms with van der Waals surface area (Å²) in [5.41, 5.74) is 5.56. The SMILES string of the molecule is CC1(CNC(=O)c2ccc(CN)o2)CCOCC1. The van der Waals surface area contributed by atoms with Gasteiger partial charge in [-0.25, -0.2) is 0 Å². The maximum Gasteiger partial charge on any atom is 0.287 e. The lowest BCUT2D eigenvalue weighted by atomic mass is 9.82. The van der Waals surface area contributed by atoms with Gasteiger partial charge in [-0.2, -0.15) is 0 Å². The number of nitrogens with one attached hydrogen (secondary N) is 1. The minimum atomic E-state index is -0.178. The molecule has 0 spiro atoms. The second kappa shape index (κ2) is 5.54. The third-order valence-electron chi connectivity index (χ3n) is 3.46. The highest BCUT2D eigenvalue weighted by atomic mass is 16.5. The van der Waals surface area contributed by atoms with E-state index >= 15 is 0 Å². The summed E-state index contributed by atoms with van der Waals surface area (Å²) in [6, 6.07) is 3.38. The van der Waals surface area contributed by atoms with Gasteiger partial charge in [0.05, 0.1) is 6.54 Å². The molecule has 0 unspecified atom stereocenters. The van der Waals surface area contributed by atoms with Crippen molar-refractivity contribution in [3.8, 4) is 0 Å². The molecule has 1 aromatic rings. The average molecular weight is 252 g/mol. The number of carbonyl (C=O) groups excluding carboxylic acids is 1. The van der Waals surface area contributed by atoms with E-state index in [4.69, 9.17) is 14.9 Å². The standard InChI is InChI=1S/C13H20N2O3/c1-13(4-6-17-7-5-13)9-15-12(16)11-3-2-10(8-14)18-11/h2-3H,4-9,14H2,1H3,(H,15,16). The predicted molar refractivity (Wildman–Crippen MR) is 67.1 cm³/mol. The van der Waals surface area contributed by atoms with Gasteiger partial charge in [-0.1, -0.05) is 6.92 Å². The van der Waals surface area contributed by atoms with E-state index in [0.717, 1.165) is 26.1 Å². The molecule has 0 aliphatic carbocycles. The van der Waals surface area contributed by atoms with Crippen molar-refractivity contribution in [1.29, 1.82) is 0 Å². The Morgan fingerprint density at radius 1 is 1.44 bits per heavy atom. The molecule has 5 nitrogen and oxygen atoms in total. The van der Waals surface area contributed by atoms with Crippen LogP contribution in [0, 0.1) is 5.41 Å². The zero-order valence-electron chi connectivity index (χ0n) is 10.7. The fraction of sp³-hybridized carbons (Fsp3) is 0.615. The first-order valence-electron chi connectivity index (χ1n) is 6.28. The molecule has 0 atom stereocenters. The summed E-state index contributed by atoms with van der Waals surface area (Å²) >= 11 is 0. The summed E-state index contributed by atoms with van der Waals surface area (Å²) in [4.78, 5) is 11.9. The number of hydrogen-bond acceptors (Lipinski definition) is 4. The zero-order valence-corrected chi connectivity index (χ0v) is 10.7. The van der Waals surface area contributed by atoms with Crippen molar-refractivity contribution in [2.75, 3.05) is 19.8 Å². The van der Waals surface area contributed by atoms with Crippen molar-refractivity contribution in [2.24, 2.45) is 11.1 Å². The Labute approximate surface area is 107 Å². The summed E-state index contributed by atoms with van der Waals surface area (Å²) in [6.07, 6.45) is 1.94. The highest BCUT2D eigenvalue weighted by Gasteiger charge is 2.28. The van der Waals surface area contributed by atoms with Crippen LogP contribution in [0.15, 0.2) is 16.5 Å². The summed E-state index contributed by atoms with van der Waals surface area (Å²) in [5.74, 6) is 0.769. The molecule has 1 fully saturated rings. The van der Waals surface area contributed by atoms with Crippen LogP contribution in [-0.2, 0) is 11.3 Å². The second-order valence-corrected chi connectivity index (χ2v) is 5.08. The minimum Gasteiger partial charge on any atom is -0.455 e. The van der Waals surface area contributed by atoms with Crippen LogP contribution in [0.25, 0.3) is 0 Å². The Balaban J connectivity index is 1.87. The molecular weight excluding hydrogens is 232 g/mol. The molecule has 0 bridgehead atoms. The molecule has 2 heterocycles. The number of hydrogen-bond donors (Lipinski definition) is 2. The van der Waals surface area contributed by atoms with Gasteiger partial charge in [0.25, 0.3) is 5.91 Å². The molecule has 1 aliphatic heterocycles. The fourth-order valence-corrected chi connectivity index (χ4v) is 2.03. The van der Waals surface area contributed by atoms with Crippen molar-refractivity contribution in [2.45, 2.75) is 26.3 Å². The van der Waals surface area contributed by atoms with Crippen LogP contribution in [0.5, 0.6) is 0 Å². The van der Waals surface area contributed by atoms with E-state index in [9.17, 15) is 4.79 Å². The van der Waals surface area contributed by atoms with Crippen molar-refractivity contribution in [1.82, 2.24) is 5.32 Å². The van der Waals surface area contributed by atoms with Crippen molar-refractivity contribution in [3.63, 3.8) is 0 Å². The van der Waals surface area contributed by atoms with E-state index in [1.54, 1.807) is 12.1 Å². The van der Waals surface area contributed by atoms with Gasteiger partial charge in [0.2, 0.25) is 0 Å². The minimum absolute atomic E-state index is 0.122. The molecule has 5 heteroatoms. The number of nitrogens with two attached hydrogens (primary N) is 1. The van der Waals surface area contributed by atoms with E-state index in [2.05, 4.69) is 12.2 Å². The number of carbonyl (C=O) groups is 1. The maximum absolute atomic E-state index is 11.9. The molecule has 1 amide bonds. The topological polar surface area (TPSA) is 77.5 Å². The Bertz CT molecular complexity index is 408. The van der Waals surface area contributed by atoms with E-state index in [-0.39, 0.29) is 11.3 Å². The average Bonchev–Trinajstić information content (AvgIpc) is 2.86. The number of ether oxygens (including phenoxy) is 1. The molecule has 1 aliphatic rings. The van der Waals surface area contributed by atoms with Gasteiger partial charge in [-0.05, 0) is 30.4 Å². The fourth-order valence-electron chi connectivity index (χ4n) is 2.03. The van der Waals surface area contributed by atoms with Gasteiger partial charge in [-0.15, -0.1) is 0 Å². The van der Waals surface area contributed by atoms with Crippen molar-refractivity contribution in [3.05, 3.63) is 23.7 Å². The number of furan rings is 1. The third kappa shape index (κ3) is 3.11. The summed E-state index contributed by atoms with van der Waals surface area (Å²) in [5, 5.41) is 2.92. The number of amides is 1. The van der Waals surface area contributed by atoms with Crippen LogP contribution in [-0.4, -0.2) is 25.7 Å². The van der Waals surface area contributed by atoms with E-state index in [1.165, 1.54) is 0 Å². The molecule has 0 radical (unpaired) electrons. The lowest BCUT2D eigenvalue weighted by Gasteiger charge is -2.33. The smallest absolute Gasteiger partial charge is 0.287 e. The first-order chi connectivity index (χ1) is 8.63. The first kappa shape index (κ1) is 13.1. The molecule has 2 rings (SSSR count). The highest BCUT2D eigenvalue weighted by Crippen LogP contribution is 2.28. The Hall–Kier alpha value is -1.33. The van der Waals surface area contributed by atoms with Gasteiger partial charge in [0.1, 0.15) is 5.76 Å². The molecule has 0 saturated carbocycles. The Kier molecular flexibility index (Phi) is 4.04. The van der Waals surface area contributed by atoms with E-state index in [1.807, 2.05) is 0 Å². The molecule has 3 N–H and O–H groups in total. The molecule has 18 heavy (non-hydrogen) atoms. The summed E-state index contributed by atoms with van der Waals surface area (Å²) in [6.45, 7) is 4.66. The van der Waals surface area contributed by atoms with Gasteiger partial charge >= 0.3 is 0 Å². The van der Waals surface area contributed by atoms with Crippen molar-refractivity contribution >= 4 is 5.91 Å².